The fourth-order valence-corrected chi connectivity index (χ4v) is 1.67. The van der Waals surface area contributed by atoms with Gasteiger partial charge in [0.2, 0.25) is 5.79 Å². The summed E-state index contributed by atoms with van der Waals surface area (Å²) in [5.41, 5.74) is 0. The zero-order chi connectivity index (χ0) is 11.8. The van der Waals surface area contributed by atoms with Crippen molar-refractivity contribution in [3.63, 3.8) is 0 Å². The van der Waals surface area contributed by atoms with E-state index in [0.29, 0.717) is 0 Å². The lowest BCUT2D eigenvalue weighted by Gasteiger charge is -2.29. The first-order valence-electron chi connectivity index (χ1n) is 4.65. The van der Waals surface area contributed by atoms with Crippen LogP contribution in [0.3, 0.4) is 0 Å². The van der Waals surface area contributed by atoms with Gasteiger partial charge < -0.3 is 0 Å². The topological polar surface area (TPSA) is 47.8 Å². The van der Waals surface area contributed by atoms with E-state index in [2.05, 4.69) is 10.1 Å². The number of nitrogens with zero attached hydrogens (tertiary/aromatic N) is 3. The van der Waals surface area contributed by atoms with E-state index in [9.17, 15) is 13.6 Å². The van der Waals surface area contributed by atoms with Gasteiger partial charge in [0.1, 0.15) is 24.3 Å². The molecule has 0 aliphatic heterocycles. The van der Waals surface area contributed by atoms with Crippen molar-refractivity contribution in [2.45, 2.75) is 12.7 Å². The first-order chi connectivity index (χ1) is 7.54. The number of allylic oxidation sites excluding steroid dienone is 4. The fraction of sp³-hybridized carbons (Fsp3) is 0.300. The number of Topliss-reactive ketones (excluding diaryl/α,β-unsaturated/α-hetero) is 1. The van der Waals surface area contributed by atoms with Gasteiger partial charge in [0.05, 0.1) is 5.92 Å². The summed E-state index contributed by atoms with van der Waals surface area (Å²) in [5.74, 6) is -4.55. The molecule has 2 rings (SSSR count). The molecule has 0 spiro atoms. The monoisotopic (exact) mass is 225 g/mol. The summed E-state index contributed by atoms with van der Waals surface area (Å²) in [7, 11) is 0. The molecule has 0 saturated heterocycles. The van der Waals surface area contributed by atoms with E-state index in [-0.39, 0.29) is 0 Å². The molecule has 1 aromatic heterocycles. The molecule has 84 valence electrons. The molecule has 2 unspecified atom stereocenters. The van der Waals surface area contributed by atoms with Crippen molar-refractivity contribution in [3.05, 3.63) is 36.7 Å². The van der Waals surface area contributed by atoms with Gasteiger partial charge in [-0.2, -0.15) is 5.10 Å². The Hall–Kier alpha value is -1.85. The maximum atomic E-state index is 14.6. The molecular formula is C10H9F2N3O. The Labute approximate surface area is 90.3 Å². The summed E-state index contributed by atoms with van der Waals surface area (Å²) in [6, 6.07) is 0. The Morgan fingerprint density at radius 1 is 1.62 bits per heavy atom. The molecule has 0 fully saturated rings. The van der Waals surface area contributed by atoms with E-state index in [1.807, 2.05) is 0 Å². The lowest BCUT2D eigenvalue weighted by molar-refractivity contribution is -0.125. The van der Waals surface area contributed by atoms with Crippen LogP contribution in [0.4, 0.5) is 8.78 Å². The van der Waals surface area contributed by atoms with Gasteiger partial charge in [0.25, 0.3) is 0 Å². The molecule has 1 aliphatic rings. The maximum Gasteiger partial charge on any atom is 0.238 e. The van der Waals surface area contributed by atoms with Crippen molar-refractivity contribution >= 4 is 5.78 Å². The van der Waals surface area contributed by atoms with Crippen molar-refractivity contribution in [2.75, 3.05) is 0 Å². The van der Waals surface area contributed by atoms with Gasteiger partial charge in [0.15, 0.2) is 0 Å². The minimum absolute atomic E-state index is 0.405. The lowest BCUT2D eigenvalue weighted by atomic mass is 9.89. The third kappa shape index (κ3) is 1.56. The molecule has 0 N–H and O–H groups in total. The predicted octanol–water partition coefficient (Wildman–Crippen LogP) is 1.53. The van der Waals surface area contributed by atoms with Crippen molar-refractivity contribution in [1.82, 2.24) is 14.8 Å². The minimum Gasteiger partial charge on any atom is -0.299 e. The molecule has 6 heteroatoms. The van der Waals surface area contributed by atoms with Crippen LogP contribution in [0, 0.1) is 5.92 Å². The summed E-state index contributed by atoms with van der Waals surface area (Å²) < 4.78 is 28.5. The number of carbonyl (C=O) groups is 1. The molecule has 0 amide bonds. The van der Waals surface area contributed by atoms with E-state index in [1.54, 1.807) is 0 Å². The Bertz CT molecular complexity index is 466. The maximum absolute atomic E-state index is 14.6. The molecule has 4 nitrogen and oxygen atoms in total. The number of carbonyl (C=O) groups excluding carboxylic acids is 1. The van der Waals surface area contributed by atoms with E-state index >= 15 is 0 Å². The van der Waals surface area contributed by atoms with Crippen LogP contribution in [0.2, 0.25) is 0 Å². The minimum atomic E-state index is -2.32. The van der Waals surface area contributed by atoms with Crippen LogP contribution in [0.25, 0.3) is 0 Å². The average Bonchev–Trinajstić information content (AvgIpc) is 2.69. The van der Waals surface area contributed by atoms with Crippen molar-refractivity contribution in [2.24, 2.45) is 5.92 Å². The number of ketones is 1. The Morgan fingerprint density at radius 2 is 2.38 bits per heavy atom. The number of aromatic nitrogens is 3. The lowest BCUT2D eigenvalue weighted by Crippen LogP contribution is -2.39. The van der Waals surface area contributed by atoms with Gasteiger partial charge in [-0.15, -0.1) is 0 Å². The number of hydrogen-bond donors (Lipinski definition) is 0. The Morgan fingerprint density at radius 3 is 2.94 bits per heavy atom. The number of hydrogen-bond acceptors (Lipinski definition) is 3. The van der Waals surface area contributed by atoms with Gasteiger partial charge in [-0.05, 0) is 13.0 Å². The van der Waals surface area contributed by atoms with Crippen LogP contribution in [-0.4, -0.2) is 20.5 Å². The standard InChI is InChI=1S/C10H9F2N3O/c1-7(16)9-3-2-8(11)4-10(9,12)15-6-13-5-14-15/h2-6,9H,1H3. The second-order valence-corrected chi connectivity index (χ2v) is 3.54. The average molecular weight is 225 g/mol. The van der Waals surface area contributed by atoms with Crippen LogP contribution in [0.1, 0.15) is 6.92 Å². The zero-order valence-electron chi connectivity index (χ0n) is 8.47. The summed E-state index contributed by atoms with van der Waals surface area (Å²) >= 11 is 0. The van der Waals surface area contributed by atoms with Gasteiger partial charge in [-0.3, -0.25) is 4.79 Å². The molecule has 0 aromatic carbocycles. The van der Waals surface area contributed by atoms with Gasteiger partial charge >= 0.3 is 0 Å². The molecule has 1 aromatic rings. The fourth-order valence-electron chi connectivity index (χ4n) is 1.67. The highest BCUT2D eigenvalue weighted by Gasteiger charge is 2.43. The number of alkyl halides is 1. The highest BCUT2D eigenvalue weighted by atomic mass is 19.2. The second kappa shape index (κ2) is 3.62. The van der Waals surface area contributed by atoms with Gasteiger partial charge in [-0.1, -0.05) is 6.08 Å². The number of rotatable bonds is 2. The Balaban J connectivity index is 2.50. The molecule has 1 heterocycles. The molecule has 16 heavy (non-hydrogen) atoms. The Kier molecular flexibility index (Phi) is 2.41. The molecule has 0 radical (unpaired) electrons. The predicted molar refractivity (Wildman–Crippen MR) is 51.6 cm³/mol. The highest BCUT2D eigenvalue weighted by molar-refractivity contribution is 5.82. The van der Waals surface area contributed by atoms with E-state index in [0.717, 1.165) is 29.5 Å². The van der Waals surface area contributed by atoms with Gasteiger partial charge in [-0.25, -0.2) is 18.4 Å². The first-order valence-corrected chi connectivity index (χ1v) is 4.65. The summed E-state index contributed by atoms with van der Waals surface area (Å²) in [6.45, 7) is 1.25. The van der Waals surface area contributed by atoms with Crippen molar-refractivity contribution in [3.8, 4) is 0 Å². The van der Waals surface area contributed by atoms with E-state index in [4.69, 9.17) is 0 Å². The first kappa shape index (κ1) is 10.7. The summed E-state index contributed by atoms with van der Waals surface area (Å²) in [4.78, 5) is 14.9. The third-order valence-electron chi connectivity index (χ3n) is 2.43. The van der Waals surface area contributed by atoms with Crippen molar-refractivity contribution < 1.29 is 13.6 Å². The van der Waals surface area contributed by atoms with Crippen LogP contribution in [0.15, 0.2) is 36.7 Å². The smallest absolute Gasteiger partial charge is 0.238 e. The van der Waals surface area contributed by atoms with Crippen LogP contribution >= 0.6 is 0 Å². The molecule has 0 bridgehead atoms. The summed E-state index contributed by atoms with van der Waals surface area (Å²) in [5, 5.41) is 3.61. The van der Waals surface area contributed by atoms with E-state index in [1.165, 1.54) is 13.0 Å². The largest absolute Gasteiger partial charge is 0.299 e. The SMILES string of the molecule is CC(=O)C1C=CC(F)=CC1(F)n1cncn1. The molecule has 1 aliphatic carbocycles. The highest BCUT2D eigenvalue weighted by Crippen LogP contribution is 2.36. The van der Waals surface area contributed by atoms with Crippen LogP contribution in [-0.2, 0) is 10.6 Å². The number of halogens is 2. The van der Waals surface area contributed by atoms with Gasteiger partial charge in [0, 0.05) is 6.08 Å². The third-order valence-corrected chi connectivity index (χ3v) is 2.43. The normalized spacial score (nSPS) is 28.9. The molecule has 0 saturated carbocycles. The van der Waals surface area contributed by atoms with Crippen LogP contribution < -0.4 is 0 Å². The van der Waals surface area contributed by atoms with E-state index < -0.39 is 23.3 Å². The van der Waals surface area contributed by atoms with Crippen molar-refractivity contribution in [1.29, 1.82) is 0 Å². The second-order valence-electron chi connectivity index (χ2n) is 3.54. The van der Waals surface area contributed by atoms with Crippen LogP contribution in [0.5, 0.6) is 0 Å². The summed E-state index contributed by atoms with van der Waals surface area (Å²) in [6.07, 6.45) is 5.23. The molecule has 2 atom stereocenters. The molecular weight excluding hydrogens is 216 g/mol. The quantitative estimate of drug-likeness (QED) is 0.766. The zero-order valence-corrected chi connectivity index (χ0v) is 8.47.